The van der Waals surface area contributed by atoms with Crippen molar-refractivity contribution in [3.8, 4) is 0 Å². The van der Waals surface area contributed by atoms with Gasteiger partial charge in [-0.05, 0) is 66.7 Å². The minimum Gasteiger partial charge on any atom is -0.480 e. The number of aliphatic carboxylic acids is 1. The number of carbonyl (C=O) groups is 1. The lowest BCUT2D eigenvalue weighted by Crippen LogP contribution is -2.40. The molecule has 4 bridgehead atoms. The molecule has 20 heavy (non-hydrogen) atoms. The molecule has 0 radical (unpaired) electrons. The van der Waals surface area contributed by atoms with Crippen molar-refractivity contribution in [2.45, 2.75) is 38.1 Å². The third-order valence-electron chi connectivity index (χ3n) is 5.81. The van der Waals surface area contributed by atoms with Crippen LogP contribution in [0.2, 0.25) is 0 Å². The highest BCUT2D eigenvalue weighted by molar-refractivity contribution is 7.10. The van der Waals surface area contributed by atoms with E-state index in [0.29, 0.717) is 5.41 Å². The van der Waals surface area contributed by atoms with Crippen LogP contribution in [0.4, 0.5) is 0 Å². The Hall–Kier alpha value is -0.870. The molecule has 0 saturated heterocycles. The van der Waals surface area contributed by atoms with Crippen molar-refractivity contribution in [1.82, 2.24) is 5.32 Å². The van der Waals surface area contributed by atoms with Crippen LogP contribution < -0.4 is 5.32 Å². The summed E-state index contributed by atoms with van der Waals surface area (Å²) in [7, 11) is 0. The van der Waals surface area contributed by atoms with Gasteiger partial charge in [0.1, 0.15) is 6.04 Å². The summed E-state index contributed by atoms with van der Waals surface area (Å²) in [6.45, 7) is 0.880. The van der Waals surface area contributed by atoms with Gasteiger partial charge >= 0.3 is 5.97 Å². The second kappa shape index (κ2) is 4.57. The highest BCUT2D eigenvalue weighted by Crippen LogP contribution is 2.64. The van der Waals surface area contributed by atoms with Crippen LogP contribution in [0, 0.1) is 23.2 Å². The maximum atomic E-state index is 11.5. The number of carboxylic acids is 1. The molecule has 4 aliphatic rings. The second-order valence-electron chi connectivity index (χ2n) is 7.14. The normalized spacial score (nSPS) is 39.3. The smallest absolute Gasteiger partial charge is 0.326 e. The molecule has 5 rings (SSSR count). The Labute approximate surface area is 123 Å². The molecule has 1 aromatic heterocycles. The van der Waals surface area contributed by atoms with Crippen molar-refractivity contribution in [2.24, 2.45) is 23.2 Å². The summed E-state index contributed by atoms with van der Waals surface area (Å²) in [5.41, 5.74) is 0.404. The molecule has 3 atom stereocenters. The first-order chi connectivity index (χ1) is 9.65. The fourth-order valence-corrected chi connectivity index (χ4v) is 6.07. The molecular formula is C16H21NO2S. The van der Waals surface area contributed by atoms with E-state index in [1.54, 1.807) is 0 Å². The summed E-state index contributed by atoms with van der Waals surface area (Å²) in [6, 6.07) is 3.32. The lowest BCUT2D eigenvalue weighted by Gasteiger charge is -2.39. The van der Waals surface area contributed by atoms with Crippen molar-refractivity contribution in [3.05, 3.63) is 22.4 Å². The minimum atomic E-state index is -0.751. The van der Waals surface area contributed by atoms with E-state index in [4.69, 9.17) is 0 Å². The Balaban J connectivity index is 1.46. The Morgan fingerprint density at radius 2 is 2.15 bits per heavy atom. The number of hydrogen-bond acceptors (Lipinski definition) is 3. The first-order valence-electron chi connectivity index (χ1n) is 7.65. The monoisotopic (exact) mass is 291 g/mol. The summed E-state index contributed by atoms with van der Waals surface area (Å²) < 4.78 is 0. The molecule has 0 aliphatic heterocycles. The predicted octanol–water partition coefficient (Wildman–Crippen LogP) is 3.29. The summed E-state index contributed by atoms with van der Waals surface area (Å²) in [5, 5.41) is 14.8. The summed E-state index contributed by atoms with van der Waals surface area (Å²) >= 11 is 1.53. The predicted molar refractivity (Wildman–Crippen MR) is 78.7 cm³/mol. The van der Waals surface area contributed by atoms with E-state index >= 15 is 0 Å². The summed E-state index contributed by atoms with van der Waals surface area (Å²) in [4.78, 5) is 12.4. The average Bonchev–Trinajstić information content (AvgIpc) is 3.04. The maximum Gasteiger partial charge on any atom is 0.326 e. The molecule has 108 valence electrons. The number of thiophene rings is 1. The standard InChI is InChI=1S/C16H21NO2S/c18-15(19)14(13-2-1-3-20-13)17-9-16-6-10-4-11(7-16)12(5-10)8-16/h1-3,10-12,14,17H,4-9H2,(H,18,19). The van der Waals surface area contributed by atoms with Gasteiger partial charge in [0.15, 0.2) is 0 Å². The van der Waals surface area contributed by atoms with Crippen LogP contribution in [0.25, 0.3) is 0 Å². The largest absolute Gasteiger partial charge is 0.480 e. The second-order valence-corrected chi connectivity index (χ2v) is 8.12. The maximum absolute atomic E-state index is 11.5. The molecular weight excluding hydrogens is 270 g/mol. The summed E-state index contributed by atoms with van der Waals surface area (Å²) in [5.74, 6) is 2.07. The lowest BCUT2D eigenvalue weighted by molar-refractivity contribution is -0.139. The van der Waals surface area contributed by atoms with Crippen LogP contribution in [0.1, 0.15) is 43.0 Å². The molecule has 4 heteroatoms. The molecule has 0 spiro atoms. The van der Waals surface area contributed by atoms with E-state index in [1.165, 1.54) is 43.4 Å². The molecule has 1 aromatic rings. The van der Waals surface area contributed by atoms with Crippen LogP contribution in [-0.4, -0.2) is 17.6 Å². The molecule has 0 amide bonds. The van der Waals surface area contributed by atoms with E-state index < -0.39 is 12.0 Å². The fourth-order valence-electron chi connectivity index (χ4n) is 5.28. The third-order valence-corrected chi connectivity index (χ3v) is 6.74. The van der Waals surface area contributed by atoms with E-state index in [1.807, 2.05) is 17.5 Å². The Morgan fingerprint density at radius 3 is 2.70 bits per heavy atom. The lowest BCUT2D eigenvalue weighted by atomic mass is 9.69. The van der Waals surface area contributed by atoms with Gasteiger partial charge in [0.05, 0.1) is 0 Å². The van der Waals surface area contributed by atoms with Gasteiger partial charge in [-0.1, -0.05) is 6.07 Å². The minimum absolute atomic E-state index is 0.404. The molecule has 3 unspecified atom stereocenters. The molecule has 4 fully saturated rings. The van der Waals surface area contributed by atoms with Crippen molar-refractivity contribution in [1.29, 1.82) is 0 Å². The van der Waals surface area contributed by atoms with E-state index in [0.717, 1.165) is 29.2 Å². The van der Waals surface area contributed by atoms with Crippen LogP contribution in [0.15, 0.2) is 17.5 Å². The van der Waals surface area contributed by atoms with Gasteiger partial charge in [-0.15, -0.1) is 11.3 Å². The van der Waals surface area contributed by atoms with Crippen LogP contribution in [0.3, 0.4) is 0 Å². The van der Waals surface area contributed by atoms with Gasteiger partial charge in [0.25, 0.3) is 0 Å². The van der Waals surface area contributed by atoms with Gasteiger partial charge in [0, 0.05) is 11.4 Å². The zero-order chi connectivity index (χ0) is 13.7. The molecule has 4 saturated carbocycles. The first-order valence-corrected chi connectivity index (χ1v) is 8.53. The number of hydrogen-bond donors (Lipinski definition) is 2. The van der Waals surface area contributed by atoms with Gasteiger partial charge in [-0.3, -0.25) is 10.1 Å². The number of carboxylic acid groups (broad SMARTS) is 1. The molecule has 3 nitrogen and oxygen atoms in total. The molecule has 4 aliphatic carbocycles. The van der Waals surface area contributed by atoms with Crippen molar-refractivity contribution in [3.63, 3.8) is 0 Å². The zero-order valence-electron chi connectivity index (χ0n) is 11.5. The first kappa shape index (κ1) is 12.8. The fraction of sp³-hybridized carbons (Fsp3) is 0.688. The Morgan fingerprint density at radius 1 is 1.40 bits per heavy atom. The van der Waals surface area contributed by atoms with E-state index in [2.05, 4.69) is 5.32 Å². The van der Waals surface area contributed by atoms with Crippen LogP contribution in [0.5, 0.6) is 0 Å². The molecule has 2 N–H and O–H groups in total. The van der Waals surface area contributed by atoms with Crippen molar-refractivity contribution >= 4 is 17.3 Å². The van der Waals surface area contributed by atoms with Gasteiger partial charge in [-0.25, -0.2) is 0 Å². The summed E-state index contributed by atoms with van der Waals surface area (Å²) in [6.07, 6.45) is 6.87. The quantitative estimate of drug-likeness (QED) is 0.875. The number of rotatable bonds is 5. The van der Waals surface area contributed by atoms with Crippen LogP contribution >= 0.6 is 11.3 Å². The van der Waals surface area contributed by atoms with Gasteiger partial charge in [0.2, 0.25) is 0 Å². The Bertz CT molecular complexity index is 493. The van der Waals surface area contributed by atoms with E-state index in [-0.39, 0.29) is 0 Å². The van der Waals surface area contributed by atoms with Crippen LogP contribution in [-0.2, 0) is 4.79 Å². The van der Waals surface area contributed by atoms with E-state index in [9.17, 15) is 9.90 Å². The third kappa shape index (κ3) is 2.01. The van der Waals surface area contributed by atoms with Crippen molar-refractivity contribution < 1.29 is 9.90 Å². The van der Waals surface area contributed by atoms with Gasteiger partial charge < -0.3 is 5.11 Å². The topological polar surface area (TPSA) is 49.3 Å². The highest BCUT2D eigenvalue weighted by Gasteiger charge is 2.55. The zero-order valence-corrected chi connectivity index (χ0v) is 12.4. The number of nitrogens with one attached hydrogen (secondary N) is 1. The van der Waals surface area contributed by atoms with Gasteiger partial charge in [-0.2, -0.15) is 0 Å². The molecule has 1 heterocycles. The Kier molecular flexibility index (Phi) is 2.93. The van der Waals surface area contributed by atoms with Crippen molar-refractivity contribution in [2.75, 3.05) is 6.54 Å². The highest BCUT2D eigenvalue weighted by atomic mass is 32.1. The molecule has 0 aromatic carbocycles. The SMILES string of the molecule is O=C(O)C(NCC12CC3CC(C1)C(C3)C2)c1cccs1. The average molecular weight is 291 g/mol.